The lowest BCUT2D eigenvalue weighted by Gasteiger charge is -2.09. The smallest absolute Gasteiger partial charge is 0.135 e. The van der Waals surface area contributed by atoms with E-state index in [0.717, 1.165) is 5.56 Å². The SMILES string of the molecule is Cc1ncc(COc2cc(F)cc(Oc3[c]cccc3)c2)cn1. The van der Waals surface area contributed by atoms with Crippen LogP contribution in [0.3, 0.4) is 0 Å². The normalized spacial score (nSPS) is 10.3. The Hall–Kier alpha value is -2.95. The molecule has 1 aromatic heterocycles. The topological polar surface area (TPSA) is 44.2 Å². The van der Waals surface area contributed by atoms with Crippen LogP contribution in [-0.4, -0.2) is 9.97 Å². The first-order valence-electron chi connectivity index (χ1n) is 7.04. The average molecular weight is 309 g/mol. The number of aryl methyl sites for hydroxylation is 1. The average Bonchev–Trinajstić information content (AvgIpc) is 2.55. The van der Waals surface area contributed by atoms with Gasteiger partial charge in [-0.3, -0.25) is 0 Å². The molecule has 1 radical (unpaired) electrons. The number of hydrogen-bond acceptors (Lipinski definition) is 4. The molecule has 0 spiro atoms. The second-order valence-electron chi connectivity index (χ2n) is 4.88. The van der Waals surface area contributed by atoms with Crippen molar-refractivity contribution >= 4 is 0 Å². The summed E-state index contributed by atoms with van der Waals surface area (Å²) in [5, 5.41) is 0. The van der Waals surface area contributed by atoms with Crippen molar-refractivity contribution in [3.63, 3.8) is 0 Å². The number of rotatable bonds is 5. The van der Waals surface area contributed by atoms with Gasteiger partial charge in [0.2, 0.25) is 0 Å². The molecule has 0 N–H and O–H groups in total. The lowest BCUT2D eigenvalue weighted by molar-refractivity contribution is 0.301. The minimum Gasteiger partial charge on any atom is -0.489 e. The van der Waals surface area contributed by atoms with Gasteiger partial charge in [0.25, 0.3) is 0 Å². The summed E-state index contributed by atoms with van der Waals surface area (Å²) in [6.45, 7) is 2.06. The molecule has 3 aromatic rings. The highest BCUT2D eigenvalue weighted by atomic mass is 19.1. The van der Waals surface area contributed by atoms with Crippen molar-refractivity contribution in [1.29, 1.82) is 0 Å². The Kier molecular flexibility index (Phi) is 4.47. The zero-order chi connectivity index (χ0) is 16.1. The van der Waals surface area contributed by atoms with Gasteiger partial charge in [0.15, 0.2) is 0 Å². The van der Waals surface area contributed by atoms with E-state index in [-0.39, 0.29) is 6.61 Å². The Bertz CT molecular complexity index is 777. The molecule has 5 heteroatoms. The number of para-hydroxylation sites is 1. The van der Waals surface area contributed by atoms with Crippen molar-refractivity contribution in [3.8, 4) is 17.2 Å². The van der Waals surface area contributed by atoms with E-state index in [1.807, 2.05) is 12.1 Å². The van der Waals surface area contributed by atoms with Crippen LogP contribution in [-0.2, 0) is 6.61 Å². The predicted molar refractivity (Wildman–Crippen MR) is 82.9 cm³/mol. The third-order valence-electron chi connectivity index (χ3n) is 2.99. The van der Waals surface area contributed by atoms with Crippen molar-refractivity contribution in [2.45, 2.75) is 13.5 Å². The highest BCUT2D eigenvalue weighted by Crippen LogP contribution is 2.27. The van der Waals surface area contributed by atoms with Crippen LogP contribution in [0.15, 0.2) is 54.9 Å². The minimum atomic E-state index is -0.436. The molecule has 115 valence electrons. The summed E-state index contributed by atoms with van der Waals surface area (Å²) in [4.78, 5) is 8.18. The third kappa shape index (κ3) is 4.26. The van der Waals surface area contributed by atoms with E-state index >= 15 is 0 Å². The standard InChI is InChI=1S/C18H14FN2O2/c1-13-20-10-14(11-21-13)12-22-17-7-15(19)8-18(9-17)23-16-5-3-2-4-6-16/h2-5,7-11H,12H2,1H3. The quantitative estimate of drug-likeness (QED) is 0.712. The summed E-state index contributed by atoms with van der Waals surface area (Å²) >= 11 is 0. The van der Waals surface area contributed by atoms with Crippen LogP contribution in [0.4, 0.5) is 4.39 Å². The van der Waals surface area contributed by atoms with Gasteiger partial charge in [-0.25, -0.2) is 14.4 Å². The first-order valence-corrected chi connectivity index (χ1v) is 7.04. The van der Waals surface area contributed by atoms with Gasteiger partial charge in [-0.15, -0.1) is 0 Å². The van der Waals surface area contributed by atoms with Crippen LogP contribution < -0.4 is 9.47 Å². The lowest BCUT2D eigenvalue weighted by Crippen LogP contribution is -1.99. The molecular formula is C18H14FN2O2. The maximum atomic E-state index is 13.7. The Balaban J connectivity index is 1.71. The highest BCUT2D eigenvalue weighted by Gasteiger charge is 2.05. The molecule has 0 aliphatic rings. The second kappa shape index (κ2) is 6.87. The Labute approximate surface area is 133 Å². The van der Waals surface area contributed by atoms with Crippen molar-refractivity contribution < 1.29 is 13.9 Å². The molecule has 1 heterocycles. The van der Waals surface area contributed by atoms with Gasteiger partial charge in [-0.2, -0.15) is 0 Å². The molecule has 0 aliphatic carbocycles. The minimum absolute atomic E-state index is 0.251. The van der Waals surface area contributed by atoms with E-state index in [0.29, 0.717) is 23.1 Å². The van der Waals surface area contributed by atoms with Crippen LogP contribution in [0.2, 0.25) is 0 Å². The molecule has 0 fully saturated rings. The van der Waals surface area contributed by atoms with Gasteiger partial charge in [0.1, 0.15) is 35.5 Å². The molecule has 2 aromatic carbocycles. The van der Waals surface area contributed by atoms with Crippen LogP contribution in [0.25, 0.3) is 0 Å². The molecule has 0 saturated heterocycles. The maximum absolute atomic E-state index is 13.7. The summed E-state index contributed by atoms with van der Waals surface area (Å²) in [6.07, 6.45) is 3.36. The summed E-state index contributed by atoms with van der Waals surface area (Å²) in [5.74, 6) is 1.48. The largest absolute Gasteiger partial charge is 0.489 e. The number of hydrogen-bond donors (Lipinski definition) is 0. The van der Waals surface area contributed by atoms with Gasteiger partial charge in [-0.1, -0.05) is 18.2 Å². The van der Waals surface area contributed by atoms with Gasteiger partial charge in [0, 0.05) is 42.2 Å². The summed E-state index contributed by atoms with van der Waals surface area (Å²) in [6, 6.07) is 14.3. The fourth-order valence-corrected chi connectivity index (χ4v) is 1.91. The van der Waals surface area contributed by atoms with E-state index < -0.39 is 5.82 Å². The van der Waals surface area contributed by atoms with Crippen molar-refractivity contribution in [1.82, 2.24) is 9.97 Å². The van der Waals surface area contributed by atoms with Crippen LogP contribution >= 0.6 is 0 Å². The molecule has 0 atom stereocenters. The van der Waals surface area contributed by atoms with Crippen molar-refractivity contribution in [2.75, 3.05) is 0 Å². The zero-order valence-corrected chi connectivity index (χ0v) is 12.5. The molecule has 0 saturated carbocycles. The van der Waals surface area contributed by atoms with E-state index in [1.54, 1.807) is 37.5 Å². The molecular weight excluding hydrogens is 295 g/mol. The van der Waals surface area contributed by atoms with Gasteiger partial charge in [-0.05, 0) is 13.0 Å². The number of benzene rings is 2. The summed E-state index contributed by atoms with van der Waals surface area (Å²) in [5.41, 5.74) is 0.804. The van der Waals surface area contributed by atoms with E-state index in [4.69, 9.17) is 9.47 Å². The second-order valence-corrected chi connectivity index (χ2v) is 4.88. The van der Waals surface area contributed by atoms with Crippen LogP contribution in [0.5, 0.6) is 17.2 Å². The van der Waals surface area contributed by atoms with E-state index in [1.165, 1.54) is 12.1 Å². The van der Waals surface area contributed by atoms with Crippen LogP contribution in [0.1, 0.15) is 11.4 Å². The van der Waals surface area contributed by atoms with Gasteiger partial charge < -0.3 is 9.47 Å². The van der Waals surface area contributed by atoms with Gasteiger partial charge in [0.05, 0.1) is 0 Å². The number of ether oxygens (including phenoxy) is 2. The molecule has 23 heavy (non-hydrogen) atoms. The van der Waals surface area contributed by atoms with Crippen LogP contribution in [0, 0.1) is 18.8 Å². The maximum Gasteiger partial charge on any atom is 0.135 e. The molecule has 0 bridgehead atoms. The third-order valence-corrected chi connectivity index (χ3v) is 2.99. The molecule has 0 aliphatic heterocycles. The molecule has 3 rings (SSSR count). The van der Waals surface area contributed by atoms with E-state index in [2.05, 4.69) is 16.0 Å². The Morgan fingerprint density at radius 1 is 1.09 bits per heavy atom. The first-order chi connectivity index (χ1) is 11.2. The first kappa shape index (κ1) is 15.0. The molecule has 0 unspecified atom stereocenters. The number of aromatic nitrogens is 2. The monoisotopic (exact) mass is 309 g/mol. The number of halogens is 1. The number of nitrogens with zero attached hydrogens (tertiary/aromatic N) is 2. The van der Waals surface area contributed by atoms with Gasteiger partial charge >= 0.3 is 0 Å². The zero-order valence-electron chi connectivity index (χ0n) is 12.5. The van der Waals surface area contributed by atoms with Crippen molar-refractivity contribution in [2.24, 2.45) is 0 Å². The van der Waals surface area contributed by atoms with Crippen molar-refractivity contribution in [3.05, 3.63) is 78.1 Å². The van der Waals surface area contributed by atoms with E-state index in [9.17, 15) is 4.39 Å². The predicted octanol–water partition coefficient (Wildman–Crippen LogP) is 4.10. The summed E-state index contributed by atoms with van der Waals surface area (Å²) in [7, 11) is 0. The molecule has 0 amide bonds. The highest BCUT2D eigenvalue weighted by molar-refractivity contribution is 5.37. The fraction of sp³-hybridized carbons (Fsp3) is 0.111. The fourth-order valence-electron chi connectivity index (χ4n) is 1.91. The Morgan fingerprint density at radius 2 is 1.87 bits per heavy atom. The Morgan fingerprint density at radius 3 is 2.61 bits per heavy atom. The lowest BCUT2D eigenvalue weighted by atomic mass is 10.3. The molecule has 4 nitrogen and oxygen atoms in total. The summed E-state index contributed by atoms with van der Waals surface area (Å²) < 4.78 is 24.9.